The van der Waals surface area contributed by atoms with E-state index < -0.39 is 27.8 Å². The van der Waals surface area contributed by atoms with E-state index in [0.29, 0.717) is 0 Å². The summed E-state index contributed by atoms with van der Waals surface area (Å²) in [7, 11) is 0. The molecule has 1 aromatic carbocycles. The highest BCUT2D eigenvalue weighted by atomic mass is 79.9. The van der Waals surface area contributed by atoms with Gasteiger partial charge in [-0.15, -0.1) is 0 Å². The number of benzene rings is 1. The lowest BCUT2D eigenvalue weighted by molar-refractivity contribution is -0.385. The van der Waals surface area contributed by atoms with Gasteiger partial charge in [0.25, 0.3) is 5.69 Å². The number of nitrogens with zero attached hydrogens (tertiary/aromatic N) is 1. The molecule has 0 spiro atoms. The molecule has 0 atom stereocenters. The van der Waals surface area contributed by atoms with Crippen molar-refractivity contribution in [1.29, 1.82) is 0 Å². The predicted molar refractivity (Wildman–Crippen MR) is 56.6 cm³/mol. The second-order valence-corrected chi connectivity index (χ2v) is 3.35. The van der Waals surface area contributed by atoms with Gasteiger partial charge in [-0.3, -0.25) is 19.7 Å². The summed E-state index contributed by atoms with van der Waals surface area (Å²) in [5, 5.41) is 10.5. The highest BCUT2D eigenvalue weighted by Crippen LogP contribution is 2.25. The molecule has 0 aliphatic carbocycles. The number of alkyl halides is 1. The molecule has 0 heterocycles. The lowest BCUT2D eigenvalue weighted by Gasteiger charge is -2.02. The van der Waals surface area contributed by atoms with Gasteiger partial charge in [0.2, 0.25) is 0 Å². The first-order valence-electron chi connectivity index (χ1n) is 4.04. The van der Waals surface area contributed by atoms with Crippen molar-refractivity contribution in [2.45, 2.75) is 0 Å². The summed E-state index contributed by atoms with van der Waals surface area (Å²) < 4.78 is 13.1. The molecule has 0 aromatic heterocycles. The Bertz CT molecular complexity index is 475. The molecule has 0 unspecified atom stereocenters. The number of rotatable bonds is 4. The van der Waals surface area contributed by atoms with Gasteiger partial charge in [0, 0.05) is 0 Å². The molecule has 16 heavy (non-hydrogen) atoms. The zero-order valence-corrected chi connectivity index (χ0v) is 9.36. The Hall–Kier alpha value is -1.63. The maximum absolute atomic E-state index is 13.1. The van der Waals surface area contributed by atoms with Crippen LogP contribution in [0.4, 0.5) is 10.1 Å². The van der Waals surface area contributed by atoms with Gasteiger partial charge in [-0.1, -0.05) is 15.9 Å². The van der Waals surface area contributed by atoms with E-state index in [1.165, 1.54) is 0 Å². The van der Waals surface area contributed by atoms with Crippen LogP contribution in [-0.2, 0) is 0 Å². The molecule has 0 fully saturated rings. The van der Waals surface area contributed by atoms with E-state index in [2.05, 4.69) is 15.9 Å². The number of aldehydes is 1. The molecule has 1 rings (SSSR count). The van der Waals surface area contributed by atoms with Crippen LogP contribution in [0.2, 0.25) is 0 Å². The molecule has 7 heteroatoms. The van der Waals surface area contributed by atoms with E-state index >= 15 is 0 Å². The monoisotopic (exact) mass is 289 g/mol. The molecule has 0 N–H and O–H groups in total. The zero-order chi connectivity index (χ0) is 12.3. The summed E-state index contributed by atoms with van der Waals surface area (Å²) in [6.45, 7) is 0. The van der Waals surface area contributed by atoms with Crippen molar-refractivity contribution in [2.24, 2.45) is 0 Å². The average Bonchev–Trinajstić information content (AvgIpc) is 2.27. The first-order valence-corrected chi connectivity index (χ1v) is 5.16. The predicted octanol–water partition coefficient (Wildman–Crippen LogP) is 2.12. The molecule has 5 nitrogen and oxygen atoms in total. The van der Waals surface area contributed by atoms with Crippen LogP contribution in [0.25, 0.3) is 0 Å². The number of hydrogen-bond donors (Lipinski definition) is 0. The second-order valence-electron chi connectivity index (χ2n) is 2.79. The molecule has 0 saturated carbocycles. The van der Waals surface area contributed by atoms with Crippen LogP contribution >= 0.6 is 15.9 Å². The van der Waals surface area contributed by atoms with Crippen molar-refractivity contribution in [3.63, 3.8) is 0 Å². The summed E-state index contributed by atoms with van der Waals surface area (Å²) in [6.07, 6.45) is 0.0263. The molecule has 0 aliphatic rings. The maximum Gasteiger partial charge on any atom is 0.293 e. The first kappa shape index (κ1) is 12.4. The van der Waals surface area contributed by atoms with Crippen LogP contribution in [0.15, 0.2) is 12.1 Å². The molecular weight excluding hydrogens is 285 g/mol. The van der Waals surface area contributed by atoms with Crippen LogP contribution in [0.5, 0.6) is 0 Å². The van der Waals surface area contributed by atoms with Crippen molar-refractivity contribution in [2.75, 3.05) is 5.33 Å². The van der Waals surface area contributed by atoms with Gasteiger partial charge in [0.05, 0.1) is 15.8 Å². The fraction of sp³-hybridized carbons (Fsp3) is 0.111. The van der Waals surface area contributed by atoms with E-state index in [1.807, 2.05) is 0 Å². The minimum atomic E-state index is -1.02. The third kappa shape index (κ3) is 2.13. The largest absolute Gasteiger partial charge is 0.298 e. The Morgan fingerprint density at radius 2 is 2.19 bits per heavy atom. The lowest BCUT2D eigenvalue weighted by Crippen LogP contribution is -2.08. The Kier molecular flexibility index (Phi) is 3.83. The number of carbonyl (C=O) groups excluding carboxylic acids is 2. The summed E-state index contributed by atoms with van der Waals surface area (Å²) in [5.74, 6) is -1.61. The van der Waals surface area contributed by atoms with Crippen molar-refractivity contribution in [1.82, 2.24) is 0 Å². The highest BCUT2D eigenvalue weighted by molar-refractivity contribution is 9.09. The van der Waals surface area contributed by atoms with E-state index in [0.717, 1.165) is 12.1 Å². The van der Waals surface area contributed by atoms with Crippen LogP contribution in [-0.4, -0.2) is 22.3 Å². The van der Waals surface area contributed by atoms with Crippen molar-refractivity contribution in [3.05, 3.63) is 39.2 Å². The number of halogens is 2. The van der Waals surface area contributed by atoms with Crippen LogP contribution in [0.3, 0.4) is 0 Å². The number of Topliss-reactive ketones (excluding diaryl/α,β-unsaturated/α-hetero) is 1. The number of carbonyl (C=O) groups is 2. The third-order valence-corrected chi connectivity index (χ3v) is 2.40. The smallest absolute Gasteiger partial charge is 0.293 e. The van der Waals surface area contributed by atoms with Crippen LogP contribution in [0.1, 0.15) is 20.7 Å². The zero-order valence-electron chi connectivity index (χ0n) is 7.78. The van der Waals surface area contributed by atoms with Gasteiger partial charge in [0.15, 0.2) is 12.1 Å². The molecule has 0 aliphatic heterocycles. The van der Waals surface area contributed by atoms with Gasteiger partial charge in [-0.05, 0) is 12.1 Å². The van der Waals surface area contributed by atoms with E-state index in [9.17, 15) is 24.1 Å². The fourth-order valence-corrected chi connectivity index (χ4v) is 1.49. The van der Waals surface area contributed by atoms with Crippen LogP contribution < -0.4 is 0 Å². The minimum Gasteiger partial charge on any atom is -0.298 e. The SMILES string of the molecule is O=Cc1c(F)ccc(C(=O)CBr)c1[N+](=O)[O-]. The summed E-state index contributed by atoms with van der Waals surface area (Å²) in [4.78, 5) is 31.6. The molecular formula is C9H5BrFNO4. The number of nitro groups is 1. The third-order valence-electron chi connectivity index (χ3n) is 1.89. The van der Waals surface area contributed by atoms with E-state index in [-0.39, 0.29) is 17.2 Å². The summed E-state index contributed by atoms with van der Waals surface area (Å²) >= 11 is 2.85. The number of hydrogen-bond acceptors (Lipinski definition) is 4. The molecule has 1 aromatic rings. The van der Waals surface area contributed by atoms with Crippen molar-refractivity contribution < 1.29 is 18.9 Å². The topological polar surface area (TPSA) is 77.3 Å². The maximum atomic E-state index is 13.1. The summed E-state index contributed by atoms with van der Waals surface area (Å²) in [5.41, 5.74) is -1.79. The molecule has 0 bridgehead atoms. The number of nitro benzene ring substituents is 1. The van der Waals surface area contributed by atoms with Gasteiger partial charge >= 0.3 is 0 Å². The fourth-order valence-electron chi connectivity index (χ4n) is 1.19. The van der Waals surface area contributed by atoms with Gasteiger partial charge in [0.1, 0.15) is 11.4 Å². The second kappa shape index (κ2) is 4.93. The molecule has 84 valence electrons. The quantitative estimate of drug-likeness (QED) is 0.280. The minimum absolute atomic E-state index is 0.0263. The van der Waals surface area contributed by atoms with Crippen molar-refractivity contribution >= 4 is 33.7 Å². The average molecular weight is 290 g/mol. The van der Waals surface area contributed by atoms with E-state index in [4.69, 9.17) is 0 Å². The summed E-state index contributed by atoms with van der Waals surface area (Å²) in [6, 6.07) is 1.84. The van der Waals surface area contributed by atoms with Gasteiger partial charge < -0.3 is 0 Å². The van der Waals surface area contributed by atoms with Gasteiger partial charge in [-0.25, -0.2) is 4.39 Å². The highest BCUT2D eigenvalue weighted by Gasteiger charge is 2.26. The lowest BCUT2D eigenvalue weighted by atomic mass is 10.0. The van der Waals surface area contributed by atoms with Gasteiger partial charge in [-0.2, -0.15) is 0 Å². The Morgan fingerprint density at radius 3 is 2.62 bits per heavy atom. The molecule has 0 amide bonds. The van der Waals surface area contributed by atoms with E-state index in [1.54, 1.807) is 0 Å². The molecule has 0 saturated heterocycles. The Morgan fingerprint density at radius 1 is 1.56 bits per heavy atom. The number of ketones is 1. The Balaban J connectivity index is 3.57. The standard InChI is InChI=1S/C9H5BrFNO4/c10-3-8(14)5-1-2-7(11)6(4-13)9(5)12(15)16/h1-2,4H,3H2. The Labute approximate surface area is 97.5 Å². The van der Waals surface area contributed by atoms with Crippen LogP contribution in [0, 0.1) is 15.9 Å². The first-order chi connectivity index (χ1) is 7.52. The molecule has 0 radical (unpaired) electrons. The normalized spacial score (nSPS) is 9.88. The van der Waals surface area contributed by atoms with Crippen molar-refractivity contribution in [3.8, 4) is 0 Å².